The van der Waals surface area contributed by atoms with E-state index in [1.807, 2.05) is 62.4 Å². The molecule has 4 heteroatoms. The monoisotopic (exact) mass is 366 g/mol. The first kappa shape index (κ1) is 20.7. The Morgan fingerprint density at radius 1 is 0.852 bits per heavy atom. The largest absolute Gasteiger partial charge is 0.348 e. The van der Waals surface area contributed by atoms with Crippen molar-refractivity contribution in [2.75, 3.05) is 13.1 Å². The standard InChI is InChI=1S/C23H30N2O2/c1-6-25(7-2)22(27)19-10-8-17(9-11-19)16-24-21(26)18-12-14-20(15-13-18)23(3,4)5/h8-15H,6-7,16H2,1-5H3,(H,24,26). The van der Waals surface area contributed by atoms with Crippen molar-refractivity contribution in [1.82, 2.24) is 10.2 Å². The van der Waals surface area contributed by atoms with E-state index in [4.69, 9.17) is 0 Å². The topological polar surface area (TPSA) is 49.4 Å². The number of amides is 2. The number of hydrogen-bond donors (Lipinski definition) is 1. The van der Waals surface area contributed by atoms with Gasteiger partial charge in [0.1, 0.15) is 0 Å². The minimum atomic E-state index is -0.0984. The van der Waals surface area contributed by atoms with Crippen LogP contribution in [0.1, 0.15) is 66.5 Å². The number of carbonyl (C=O) groups is 2. The zero-order valence-electron chi connectivity index (χ0n) is 17.0. The molecule has 2 aromatic carbocycles. The average molecular weight is 367 g/mol. The van der Waals surface area contributed by atoms with Gasteiger partial charge in [0.2, 0.25) is 0 Å². The quantitative estimate of drug-likeness (QED) is 0.824. The second-order valence-corrected chi connectivity index (χ2v) is 7.68. The molecule has 4 nitrogen and oxygen atoms in total. The smallest absolute Gasteiger partial charge is 0.253 e. The highest BCUT2D eigenvalue weighted by atomic mass is 16.2. The summed E-state index contributed by atoms with van der Waals surface area (Å²) in [7, 11) is 0. The minimum Gasteiger partial charge on any atom is -0.348 e. The predicted octanol–water partition coefficient (Wildman–Crippen LogP) is 4.40. The van der Waals surface area contributed by atoms with E-state index in [0.717, 1.165) is 5.56 Å². The van der Waals surface area contributed by atoms with E-state index in [2.05, 4.69) is 26.1 Å². The number of benzene rings is 2. The number of rotatable bonds is 6. The van der Waals surface area contributed by atoms with Gasteiger partial charge in [-0.15, -0.1) is 0 Å². The van der Waals surface area contributed by atoms with Gasteiger partial charge in [-0.2, -0.15) is 0 Å². The van der Waals surface area contributed by atoms with Crippen LogP contribution in [0.3, 0.4) is 0 Å². The molecule has 1 N–H and O–H groups in total. The molecule has 0 aliphatic rings. The van der Waals surface area contributed by atoms with Gasteiger partial charge in [-0.3, -0.25) is 9.59 Å². The fourth-order valence-corrected chi connectivity index (χ4v) is 2.86. The van der Waals surface area contributed by atoms with Gasteiger partial charge in [0, 0.05) is 30.8 Å². The molecule has 0 heterocycles. The van der Waals surface area contributed by atoms with Gasteiger partial charge in [-0.1, -0.05) is 45.0 Å². The fourth-order valence-electron chi connectivity index (χ4n) is 2.86. The van der Waals surface area contributed by atoms with Crippen LogP contribution in [-0.4, -0.2) is 29.8 Å². The van der Waals surface area contributed by atoms with Crippen molar-refractivity contribution < 1.29 is 9.59 Å². The molecule has 0 atom stereocenters. The third kappa shape index (κ3) is 5.43. The first-order valence-electron chi connectivity index (χ1n) is 9.53. The maximum atomic E-state index is 12.3. The van der Waals surface area contributed by atoms with Crippen molar-refractivity contribution in [1.29, 1.82) is 0 Å². The van der Waals surface area contributed by atoms with Crippen molar-refractivity contribution >= 4 is 11.8 Å². The van der Waals surface area contributed by atoms with Crippen LogP contribution in [-0.2, 0) is 12.0 Å². The summed E-state index contributed by atoms with van der Waals surface area (Å²) in [6.45, 7) is 12.2. The summed E-state index contributed by atoms with van der Waals surface area (Å²) in [5, 5.41) is 2.93. The van der Waals surface area contributed by atoms with E-state index in [0.29, 0.717) is 30.8 Å². The summed E-state index contributed by atoms with van der Waals surface area (Å²) in [6.07, 6.45) is 0. The van der Waals surface area contributed by atoms with Crippen molar-refractivity contribution in [2.24, 2.45) is 0 Å². The molecule has 144 valence electrons. The molecule has 0 radical (unpaired) electrons. The Morgan fingerprint density at radius 2 is 1.37 bits per heavy atom. The SMILES string of the molecule is CCN(CC)C(=O)c1ccc(CNC(=O)c2ccc(C(C)(C)C)cc2)cc1. The molecule has 2 rings (SSSR count). The van der Waals surface area contributed by atoms with E-state index >= 15 is 0 Å². The lowest BCUT2D eigenvalue weighted by molar-refractivity contribution is 0.0772. The molecule has 0 fully saturated rings. The van der Waals surface area contributed by atoms with Crippen LogP contribution in [0, 0.1) is 0 Å². The third-order valence-corrected chi connectivity index (χ3v) is 4.72. The highest BCUT2D eigenvalue weighted by Crippen LogP contribution is 2.22. The van der Waals surface area contributed by atoms with Crippen molar-refractivity contribution in [3.05, 3.63) is 70.8 Å². The fraction of sp³-hybridized carbons (Fsp3) is 0.391. The number of nitrogens with zero attached hydrogens (tertiary/aromatic N) is 1. The molecule has 0 bridgehead atoms. The summed E-state index contributed by atoms with van der Waals surface area (Å²) in [6, 6.07) is 15.1. The number of carbonyl (C=O) groups excluding carboxylic acids is 2. The molecule has 0 spiro atoms. The van der Waals surface area contributed by atoms with Gasteiger partial charge in [0.25, 0.3) is 11.8 Å². The maximum absolute atomic E-state index is 12.3. The number of hydrogen-bond acceptors (Lipinski definition) is 2. The Kier molecular flexibility index (Phi) is 6.78. The molecule has 0 saturated heterocycles. The van der Waals surface area contributed by atoms with E-state index in [-0.39, 0.29) is 17.2 Å². The predicted molar refractivity (Wildman–Crippen MR) is 110 cm³/mol. The highest BCUT2D eigenvalue weighted by Gasteiger charge is 2.15. The van der Waals surface area contributed by atoms with Crippen molar-refractivity contribution in [3.63, 3.8) is 0 Å². The van der Waals surface area contributed by atoms with E-state index < -0.39 is 0 Å². The molecule has 0 unspecified atom stereocenters. The van der Waals surface area contributed by atoms with Crippen LogP contribution in [0.15, 0.2) is 48.5 Å². The van der Waals surface area contributed by atoms with Gasteiger partial charge in [0.15, 0.2) is 0 Å². The normalized spacial score (nSPS) is 11.1. The molecular weight excluding hydrogens is 336 g/mol. The lowest BCUT2D eigenvalue weighted by Gasteiger charge is -2.19. The molecule has 2 amide bonds. The lowest BCUT2D eigenvalue weighted by atomic mass is 9.87. The van der Waals surface area contributed by atoms with Crippen LogP contribution in [0.25, 0.3) is 0 Å². The summed E-state index contributed by atoms with van der Waals surface area (Å²) >= 11 is 0. The Hall–Kier alpha value is -2.62. The van der Waals surface area contributed by atoms with Crippen LogP contribution >= 0.6 is 0 Å². The molecule has 2 aromatic rings. The van der Waals surface area contributed by atoms with Crippen molar-refractivity contribution in [3.8, 4) is 0 Å². The zero-order chi connectivity index (χ0) is 20.0. The summed E-state index contributed by atoms with van der Waals surface area (Å²) in [4.78, 5) is 26.5. The maximum Gasteiger partial charge on any atom is 0.253 e. The van der Waals surface area contributed by atoms with Gasteiger partial charge in [-0.05, 0) is 54.7 Å². The Bertz CT molecular complexity index is 768. The molecular formula is C23H30N2O2. The Morgan fingerprint density at radius 3 is 1.85 bits per heavy atom. The van der Waals surface area contributed by atoms with Gasteiger partial charge < -0.3 is 10.2 Å². The summed E-state index contributed by atoms with van der Waals surface area (Å²) in [5.41, 5.74) is 3.56. The molecule has 27 heavy (non-hydrogen) atoms. The van der Waals surface area contributed by atoms with Crippen LogP contribution in [0.4, 0.5) is 0 Å². The Labute approximate surface area is 162 Å². The summed E-state index contributed by atoms with van der Waals surface area (Å²) < 4.78 is 0. The van der Waals surface area contributed by atoms with Crippen molar-refractivity contribution in [2.45, 2.75) is 46.6 Å². The second-order valence-electron chi connectivity index (χ2n) is 7.68. The molecule has 0 aliphatic carbocycles. The minimum absolute atomic E-state index is 0.0366. The molecule has 0 saturated carbocycles. The molecule has 0 aromatic heterocycles. The average Bonchev–Trinajstić information content (AvgIpc) is 2.66. The van der Waals surface area contributed by atoms with Gasteiger partial charge in [0.05, 0.1) is 0 Å². The van der Waals surface area contributed by atoms with E-state index in [1.165, 1.54) is 5.56 Å². The van der Waals surface area contributed by atoms with Gasteiger partial charge in [-0.25, -0.2) is 0 Å². The first-order valence-corrected chi connectivity index (χ1v) is 9.53. The zero-order valence-corrected chi connectivity index (χ0v) is 17.0. The van der Waals surface area contributed by atoms with Crippen LogP contribution in [0.5, 0.6) is 0 Å². The third-order valence-electron chi connectivity index (χ3n) is 4.72. The number of nitrogens with one attached hydrogen (secondary N) is 1. The van der Waals surface area contributed by atoms with Crippen LogP contribution in [0.2, 0.25) is 0 Å². The first-order chi connectivity index (χ1) is 12.8. The summed E-state index contributed by atoms with van der Waals surface area (Å²) in [5.74, 6) is -0.0618. The molecule has 0 aliphatic heterocycles. The van der Waals surface area contributed by atoms with E-state index in [9.17, 15) is 9.59 Å². The van der Waals surface area contributed by atoms with Gasteiger partial charge >= 0.3 is 0 Å². The second kappa shape index (κ2) is 8.85. The van der Waals surface area contributed by atoms with E-state index in [1.54, 1.807) is 4.90 Å². The highest BCUT2D eigenvalue weighted by molar-refractivity contribution is 5.95. The lowest BCUT2D eigenvalue weighted by Crippen LogP contribution is -2.30. The Balaban J connectivity index is 1.96. The van der Waals surface area contributed by atoms with Crippen LogP contribution < -0.4 is 5.32 Å².